The molecule has 0 radical (unpaired) electrons. The van der Waals surface area contributed by atoms with Crippen LogP contribution in [0.2, 0.25) is 0 Å². The fourth-order valence-corrected chi connectivity index (χ4v) is 2.94. The smallest absolute Gasteiger partial charge is 0.410 e. The molecule has 0 spiro atoms. The van der Waals surface area contributed by atoms with E-state index in [9.17, 15) is 18.4 Å². The lowest BCUT2D eigenvalue weighted by Gasteiger charge is -2.40. The van der Waals surface area contributed by atoms with Crippen molar-refractivity contribution in [2.75, 3.05) is 19.6 Å². The maximum Gasteiger partial charge on any atom is 0.410 e. The van der Waals surface area contributed by atoms with Crippen LogP contribution in [0.3, 0.4) is 0 Å². The third-order valence-corrected chi connectivity index (χ3v) is 4.39. The van der Waals surface area contributed by atoms with Gasteiger partial charge in [-0.05, 0) is 49.7 Å². The number of amides is 2. The maximum absolute atomic E-state index is 14.0. The second kappa shape index (κ2) is 7.27. The second-order valence-corrected chi connectivity index (χ2v) is 7.87. The lowest BCUT2D eigenvalue weighted by Crippen LogP contribution is -2.56. The number of nitrogens with zero attached hydrogens (tertiary/aromatic N) is 2. The van der Waals surface area contributed by atoms with Crippen LogP contribution in [0.1, 0.15) is 38.1 Å². The molecule has 1 atom stereocenters. The van der Waals surface area contributed by atoms with Crippen molar-refractivity contribution >= 4 is 27.9 Å². The van der Waals surface area contributed by atoms with Gasteiger partial charge in [0.05, 0.1) is 10.0 Å². The van der Waals surface area contributed by atoms with Gasteiger partial charge in [0.25, 0.3) is 5.91 Å². The molecule has 25 heavy (non-hydrogen) atoms. The number of hydrogen-bond donors (Lipinski definition) is 0. The van der Waals surface area contributed by atoms with Crippen molar-refractivity contribution in [3.63, 3.8) is 0 Å². The molecule has 1 fully saturated rings. The van der Waals surface area contributed by atoms with Gasteiger partial charge in [-0.3, -0.25) is 4.79 Å². The highest BCUT2D eigenvalue weighted by molar-refractivity contribution is 9.10. The summed E-state index contributed by atoms with van der Waals surface area (Å²) < 4.78 is 32.7. The number of carbonyl (C=O) groups is 2. The number of rotatable bonds is 1. The van der Waals surface area contributed by atoms with Crippen LogP contribution in [0.25, 0.3) is 0 Å². The van der Waals surface area contributed by atoms with Gasteiger partial charge in [0.15, 0.2) is 0 Å². The summed E-state index contributed by atoms with van der Waals surface area (Å²) in [4.78, 5) is 27.7. The normalized spacial score (nSPS) is 18.3. The molecule has 0 unspecified atom stereocenters. The van der Waals surface area contributed by atoms with Crippen LogP contribution in [-0.4, -0.2) is 53.1 Å². The van der Waals surface area contributed by atoms with E-state index in [2.05, 4.69) is 15.9 Å². The van der Waals surface area contributed by atoms with Crippen LogP contribution >= 0.6 is 15.9 Å². The highest BCUT2D eigenvalue weighted by Gasteiger charge is 2.33. The lowest BCUT2D eigenvalue weighted by atomic mass is 10.1. The Labute approximate surface area is 154 Å². The van der Waals surface area contributed by atoms with Gasteiger partial charge in [0, 0.05) is 31.7 Å². The van der Waals surface area contributed by atoms with E-state index in [0.29, 0.717) is 6.07 Å². The van der Waals surface area contributed by atoms with E-state index >= 15 is 0 Å². The fourth-order valence-electron chi connectivity index (χ4n) is 2.59. The monoisotopic (exact) mass is 418 g/mol. The largest absolute Gasteiger partial charge is 0.444 e. The summed E-state index contributed by atoms with van der Waals surface area (Å²) in [6, 6.07) is 1.50. The zero-order valence-electron chi connectivity index (χ0n) is 14.6. The molecule has 0 aromatic heterocycles. The van der Waals surface area contributed by atoms with E-state index < -0.39 is 29.2 Å². The fraction of sp³-hybridized carbons (Fsp3) is 0.529. The van der Waals surface area contributed by atoms with Crippen LogP contribution in [0.4, 0.5) is 13.6 Å². The van der Waals surface area contributed by atoms with Crippen LogP contribution in [0, 0.1) is 11.6 Å². The number of carbonyl (C=O) groups excluding carboxylic acids is 2. The molecular weight excluding hydrogens is 398 g/mol. The van der Waals surface area contributed by atoms with Gasteiger partial charge in [0.1, 0.15) is 17.2 Å². The molecule has 1 aromatic rings. The summed E-state index contributed by atoms with van der Waals surface area (Å²) in [7, 11) is 0. The summed E-state index contributed by atoms with van der Waals surface area (Å²) >= 11 is 2.96. The number of hydrogen-bond acceptors (Lipinski definition) is 3. The molecule has 1 saturated heterocycles. The average Bonchev–Trinajstić information content (AvgIpc) is 2.48. The quantitative estimate of drug-likeness (QED) is 0.651. The van der Waals surface area contributed by atoms with Crippen molar-refractivity contribution in [3.05, 3.63) is 33.8 Å². The van der Waals surface area contributed by atoms with Gasteiger partial charge in [-0.25, -0.2) is 13.6 Å². The zero-order chi connectivity index (χ0) is 18.9. The minimum absolute atomic E-state index is 0.0253. The van der Waals surface area contributed by atoms with Gasteiger partial charge >= 0.3 is 6.09 Å². The van der Waals surface area contributed by atoms with E-state index in [1.807, 2.05) is 0 Å². The minimum atomic E-state index is -0.910. The van der Waals surface area contributed by atoms with Gasteiger partial charge in [0.2, 0.25) is 0 Å². The Balaban J connectivity index is 2.10. The number of benzene rings is 1. The van der Waals surface area contributed by atoms with Crippen molar-refractivity contribution in [2.45, 2.75) is 39.3 Å². The van der Waals surface area contributed by atoms with Crippen LogP contribution in [0.5, 0.6) is 0 Å². The van der Waals surface area contributed by atoms with Crippen LogP contribution in [0.15, 0.2) is 16.6 Å². The molecular formula is C17H21BrF2N2O3. The molecule has 2 amide bonds. The molecule has 0 bridgehead atoms. The standard InChI is InChI=1S/C17H21BrF2N2O3/c1-10-9-21(16(24)25-17(2,3)4)5-6-22(10)15(23)11-7-12(18)14(20)8-13(11)19/h7-8,10H,5-6,9H2,1-4H3/t10-/m1/s1. The Morgan fingerprint density at radius 1 is 1.20 bits per heavy atom. The summed E-state index contributed by atoms with van der Waals surface area (Å²) in [6.07, 6.45) is -0.442. The molecule has 1 aliphatic rings. The van der Waals surface area contributed by atoms with Crippen molar-refractivity contribution in [1.82, 2.24) is 9.80 Å². The molecule has 1 aromatic carbocycles. The highest BCUT2D eigenvalue weighted by atomic mass is 79.9. The van der Waals surface area contributed by atoms with Crippen LogP contribution in [-0.2, 0) is 4.74 Å². The third kappa shape index (κ3) is 4.68. The number of piperazine rings is 1. The lowest BCUT2D eigenvalue weighted by molar-refractivity contribution is 0.00606. The number of halogens is 3. The van der Waals surface area contributed by atoms with E-state index in [1.165, 1.54) is 9.80 Å². The summed E-state index contributed by atoms with van der Waals surface area (Å²) in [6.45, 7) is 7.92. The molecule has 0 saturated carbocycles. The second-order valence-electron chi connectivity index (χ2n) is 7.02. The van der Waals surface area contributed by atoms with Crippen molar-refractivity contribution < 1.29 is 23.1 Å². The Hall–Kier alpha value is -1.70. The summed E-state index contributed by atoms with van der Waals surface area (Å²) in [5, 5.41) is 0. The Morgan fingerprint density at radius 2 is 1.84 bits per heavy atom. The molecule has 0 aliphatic carbocycles. The first-order valence-corrected chi connectivity index (χ1v) is 8.72. The third-order valence-electron chi connectivity index (χ3n) is 3.78. The predicted octanol–water partition coefficient (Wildman–Crippen LogP) is 3.81. The Morgan fingerprint density at radius 3 is 2.40 bits per heavy atom. The Bertz CT molecular complexity index is 691. The van der Waals surface area contributed by atoms with Crippen molar-refractivity contribution in [3.8, 4) is 0 Å². The average molecular weight is 419 g/mol. The molecule has 0 N–H and O–H groups in total. The zero-order valence-corrected chi connectivity index (χ0v) is 16.2. The molecule has 8 heteroatoms. The van der Waals surface area contributed by atoms with E-state index in [1.54, 1.807) is 27.7 Å². The van der Waals surface area contributed by atoms with Crippen LogP contribution < -0.4 is 0 Å². The minimum Gasteiger partial charge on any atom is -0.444 e. The molecule has 2 rings (SSSR count). The van der Waals surface area contributed by atoms with E-state index in [4.69, 9.17) is 4.74 Å². The Kier molecular flexibility index (Phi) is 5.71. The maximum atomic E-state index is 14.0. The molecule has 1 aliphatic heterocycles. The van der Waals surface area contributed by atoms with Gasteiger partial charge < -0.3 is 14.5 Å². The van der Waals surface area contributed by atoms with E-state index in [-0.39, 0.29) is 35.7 Å². The first-order chi connectivity index (χ1) is 11.5. The first kappa shape index (κ1) is 19.6. The van der Waals surface area contributed by atoms with Crippen molar-refractivity contribution in [1.29, 1.82) is 0 Å². The summed E-state index contributed by atoms with van der Waals surface area (Å²) in [5.74, 6) is -2.21. The van der Waals surface area contributed by atoms with E-state index in [0.717, 1.165) is 6.07 Å². The molecule has 138 valence electrons. The van der Waals surface area contributed by atoms with Gasteiger partial charge in [-0.15, -0.1) is 0 Å². The SMILES string of the molecule is C[C@@H]1CN(C(=O)OC(C)(C)C)CCN1C(=O)c1cc(Br)c(F)cc1F. The number of ether oxygens (including phenoxy) is 1. The molecule has 1 heterocycles. The topological polar surface area (TPSA) is 49.9 Å². The predicted molar refractivity (Wildman–Crippen MR) is 92.4 cm³/mol. The summed E-state index contributed by atoms with van der Waals surface area (Å²) in [5.41, 5.74) is -0.803. The van der Waals surface area contributed by atoms with Gasteiger partial charge in [-0.1, -0.05) is 0 Å². The molecule has 5 nitrogen and oxygen atoms in total. The van der Waals surface area contributed by atoms with Gasteiger partial charge in [-0.2, -0.15) is 0 Å². The highest BCUT2D eigenvalue weighted by Crippen LogP contribution is 2.23. The van der Waals surface area contributed by atoms with Crippen molar-refractivity contribution in [2.24, 2.45) is 0 Å². The first-order valence-electron chi connectivity index (χ1n) is 7.93.